The maximum absolute atomic E-state index is 13.2. The van der Waals surface area contributed by atoms with Crippen LogP contribution in [0.15, 0.2) is 12.1 Å². The second-order valence-electron chi connectivity index (χ2n) is 3.30. The number of nitriles is 1. The lowest BCUT2D eigenvalue weighted by atomic mass is 10.1. The van der Waals surface area contributed by atoms with Crippen molar-refractivity contribution in [3.05, 3.63) is 29.6 Å². The smallest absolute Gasteiger partial charge is 0.241 e. The predicted molar refractivity (Wildman–Crippen MR) is 54.3 cm³/mol. The van der Waals surface area contributed by atoms with Crippen LogP contribution in [0.3, 0.4) is 0 Å². The summed E-state index contributed by atoms with van der Waals surface area (Å²) < 4.78 is 38.6. The highest BCUT2D eigenvalue weighted by Crippen LogP contribution is 2.20. The minimum absolute atomic E-state index is 0.244. The van der Waals surface area contributed by atoms with Crippen molar-refractivity contribution in [1.29, 1.82) is 5.26 Å². The fraction of sp³-hybridized carbons (Fsp3) is 0.273. The molecule has 0 aliphatic heterocycles. The number of nitrogens with one attached hydrogen (secondary N) is 1. The van der Waals surface area contributed by atoms with Gasteiger partial charge in [0, 0.05) is 0 Å². The van der Waals surface area contributed by atoms with Gasteiger partial charge in [0.15, 0.2) is 17.5 Å². The SMILES string of the molecule is CCC(C#N)C(=O)Nc1ccc(F)c(F)c1F. The highest BCUT2D eigenvalue weighted by Gasteiger charge is 2.19. The van der Waals surface area contributed by atoms with E-state index in [2.05, 4.69) is 0 Å². The summed E-state index contributed by atoms with van der Waals surface area (Å²) in [5.74, 6) is -6.19. The molecule has 0 aliphatic rings. The van der Waals surface area contributed by atoms with Gasteiger partial charge in [0.05, 0.1) is 11.8 Å². The van der Waals surface area contributed by atoms with Crippen LogP contribution in [0.5, 0.6) is 0 Å². The molecule has 1 atom stereocenters. The zero-order valence-electron chi connectivity index (χ0n) is 8.93. The number of anilines is 1. The lowest BCUT2D eigenvalue weighted by Crippen LogP contribution is -2.21. The van der Waals surface area contributed by atoms with Crippen molar-refractivity contribution in [3.63, 3.8) is 0 Å². The van der Waals surface area contributed by atoms with Crippen molar-refractivity contribution < 1.29 is 18.0 Å². The zero-order chi connectivity index (χ0) is 13.0. The fourth-order valence-corrected chi connectivity index (χ4v) is 1.18. The van der Waals surface area contributed by atoms with E-state index in [9.17, 15) is 18.0 Å². The summed E-state index contributed by atoms with van der Waals surface area (Å²) in [5.41, 5.74) is -0.484. The highest BCUT2D eigenvalue weighted by atomic mass is 19.2. The lowest BCUT2D eigenvalue weighted by Gasteiger charge is -2.09. The van der Waals surface area contributed by atoms with E-state index in [-0.39, 0.29) is 6.42 Å². The molecule has 17 heavy (non-hydrogen) atoms. The number of hydrogen-bond donors (Lipinski definition) is 1. The van der Waals surface area contributed by atoms with Gasteiger partial charge in [0.25, 0.3) is 0 Å². The molecule has 0 aromatic heterocycles. The van der Waals surface area contributed by atoms with Gasteiger partial charge in [-0.3, -0.25) is 4.79 Å². The van der Waals surface area contributed by atoms with Crippen molar-refractivity contribution in [2.75, 3.05) is 5.32 Å². The summed E-state index contributed by atoms with van der Waals surface area (Å²) in [7, 11) is 0. The number of carbonyl (C=O) groups is 1. The third-order valence-corrected chi connectivity index (χ3v) is 2.17. The van der Waals surface area contributed by atoms with Gasteiger partial charge in [0.1, 0.15) is 5.92 Å². The monoisotopic (exact) mass is 242 g/mol. The zero-order valence-corrected chi connectivity index (χ0v) is 8.93. The van der Waals surface area contributed by atoms with Crippen LogP contribution in [0.2, 0.25) is 0 Å². The Morgan fingerprint density at radius 3 is 2.59 bits per heavy atom. The molecule has 0 bridgehead atoms. The van der Waals surface area contributed by atoms with E-state index in [0.717, 1.165) is 6.07 Å². The fourth-order valence-electron chi connectivity index (χ4n) is 1.18. The van der Waals surface area contributed by atoms with Gasteiger partial charge in [0.2, 0.25) is 5.91 Å². The minimum Gasteiger partial charge on any atom is -0.322 e. The molecule has 1 amide bonds. The number of hydrogen-bond acceptors (Lipinski definition) is 2. The maximum Gasteiger partial charge on any atom is 0.241 e. The summed E-state index contributed by atoms with van der Waals surface area (Å²) in [6.45, 7) is 1.61. The summed E-state index contributed by atoms with van der Waals surface area (Å²) in [4.78, 5) is 11.4. The van der Waals surface area contributed by atoms with Crippen molar-refractivity contribution in [2.24, 2.45) is 5.92 Å². The van der Waals surface area contributed by atoms with Gasteiger partial charge in [-0.25, -0.2) is 13.2 Å². The van der Waals surface area contributed by atoms with Crippen LogP contribution in [0.25, 0.3) is 0 Å². The molecule has 1 rings (SSSR count). The molecular weight excluding hydrogens is 233 g/mol. The van der Waals surface area contributed by atoms with Crippen molar-refractivity contribution >= 4 is 11.6 Å². The molecule has 6 heteroatoms. The van der Waals surface area contributed by atoms with Gasteiger partial charge in [-0.2, -0.15) is 5.26 Å². The van der Waals surface area contributed by atoms with E-state index in [0.29, 0.717) is 6.07 Å². The quantitative estimate of drug-likeness (QED) is 0.828. The van der Waals surface area contributed by atoms with E-state index >= 15 is 0 Å². The van der Waals surface area contributed by atoms with E-state index in [4.69, 9.17) is 5.26 Å². The summed E-state index contributed by atoms with van der Waals surface area (Å²) in [5, 5.41) is 10.6. The first-order chi connectivity index (χ1) is 8.01. The molecule has 1 unspecified atom stereocenters. The summed E-state index contributed by atoms with van der Waals surface area (Å²) >= 11 is 0. The molecule has 3 nitrogen and oxygen atoms in total. The minimum atomic E-state index is -1.66. The van der Waals surface area contributed by atoms with Crippen molar-refractivity contribution in [1.82, 2.24) is 0 Å². The van der Waals surface area contributed by atoms with Gasteiger partial charge in [-0.15, -0.1) is 0 Å². The number of benzene rings is 1. The van der Waals surface area contributed by atoms with Gasteiger partial charge in [-0.05, 0) is 18.6 Å². The van der Waals surface area contributed by atoms with Gasteiger partial charge < -0.3 is 5.32 Å². The average molecular weight is 242 g/mol. The second-order valence-corrected chi connectivity index (χ2v) is 3.30. The first-order valence-electron chi connectivity index (χ1n) is 4.85. The van der Waals surface area contributed by atoms with Crippen LogP contribution in [-0.4, -0.2) is 5.91 Å². The Hall–Kier alpha value is -2.03. The van der Waals surface area contributed by atoms with Gasteiger partial charge >= 0.3 is 0 Å². The van der Waals surface area contributed by atoms with Crippen LogP contribution in [-0.2, 0) is 4.79 Å². The van der Waals surface area contributed by atoms with Crippen LogP contribution < -0.4 is 5.32 Å². The van der Waals surface area contributed by atoms with Crippen molar-refractivity contribution in [3.8, 4) is 6.07 Å². The third-order valence-electron chi connectivity index (χ3n) is 2.17. The number of rotatable bonds is 3. The van der Waals surface area contributed by atoms with Crippen LogP contribution in [0.4, 0.5) is 18.9 Å². The first kappa shape index (κ1) is 13.0. The Balaban J connectivity index is 2.94. The largest absolute Gasteiger partial charge is 0.322 e. The molecule has 1 aromatic carbocycles. The summed E-state index contributed by atoms with van der Waals surface area (Å²) in [6, 6.07) is 3.31. The molecule has 0 radical (unpaired) electrons. The Morgan fingerprint density at radius 2 is 2.06 bits per heavy atom. The molecule has 0 spiro atoms. The molecule has 0 fully saturated rings. The number of amides is 1. The Labute approximate surface area is 95.9 Å². The molecule has 0 aliphatic carbocycles. The standard InChI is InChI=1S/C11H9F3N2O/c1-2-6(5-15)11(17)16-8-4-3-7(12)9(13)10(8)14/h3-4,6H,2H2,1H3,(H,16,17). The van der Waals surface area contributed by atoms with Crippen LogP contribution in [0, 0.1) is 34.7 Å². The number of halogens is 3. The Morgan fingerprint density at radius 1 is 1.41 bits per heavy atom. The third kappa shape index (κ3) is 2.75. The normalized spacial score (nSPS) is 11.7. The number of nitrogens with zero attached hydrogens (tertiary/aromatic N) is 1. The molecule has 0 saturated carbocycles. The molecular formula is C11H9F3N2O. The molecule has 0 saturated heterocycles. The predicted octanol–water partition coefficient (Wildman–Crippen LogP) is 2.59. The van der Waals surface area contributed by atoms with E-state index in [1.807, 2.05) is 5.32 Å². The highest BCUT2D eigenvalue weighted by molar-refractivity contribution is 5.94. The van der Waals surface area contributed by atoms with Gasteiger partial charge in [-0.1, -0.05) is 6.92 Å². The van der Waals surface area contributed by atoms with Crippen LogP contribution in [0.1, 0.15) is 13.3 Å². The molecule has 1 aromatic rings. The lowest BCUT2D eigenvalue weighted by molar-refractivity contribution is -0.118. The second kappa shape index (κ2) is 5.34. The maximum atomic E-state index is 13.2. The summed E-state index contributed by atoms with van der Waals surface area (Å²) in [6.07, 6.45) is 0.244. The van der Waals surface area contributed by atoms with Crippen molar-refractivity contribution in [2.45, 2.75) is 13.3 Å². The first-order valence-corrected chi connectivity index (χ1v) is 4.85. The Kier molecular flexibility index (Phi) is 4.10. The number of carbonyl (C=O) groups excluding carboxylic acids is 1. The Bertz CT molecular complexity index is 482. The molecule has 0 heterocycles. The molecule has 90 valence electrons. The van der Waals surface area contributed by atoms with E-state index < -0.39 is 35.0 Å². The average Bonchev–Trinajstić information content (AvgIpc) is 2.31. The van der Waals surface area contributed by atoms with Crippen LogP contribution >= 0.6 is 0 Å². The van der Waals surface area contributed by atoms with E-state index in [1.165, 1.54) is 0 Å². The molecule has 1 N–H and O–H groups in total. The topological polar surface area (TPSA) is 52.9 Å². The van der Waals surface area contributed by atoms with E-state index in [1.54, 1.807) is 13.0 Å².